The Bertz CT molecular complexity index is 257. The number of ether oxygens (including phenoxy) is 1. The van der Waals surface area contributed by atoms with E-state index in [9.17, 15) is 4.57 Å². The molecule has 5 nitrogen and oxygen atoms in total. The van der Waals surface area contributed by atoms with Crippen molar-refractivity contribution in [1.29, 1.82) is 0 Å². The van der Waals surface area contributed by atoms with Gasteiger partial charge in [-0.2, -0.15) is 0 Å². The maximum absolute atomic E-state index is 11.1. The van der Waals surface area contributed by atoms with Crippen molar-refractivity contribution in [2.75, 3.05) is 6.54 Å². The molecule has 1 aliphatic rings. The van der Waals surface area contributed by atoms with Gasteiger partial charge in [-0.25, -0.2) is 0 Å². The lowest BCUT2D eigenvalue weighted by Gasteiger charge is -2.42. The van der Waals surface area contributed by atoms with Gasteiger partial charge in [0, 0.05) is 25.5 Å². The van der Waals surface area contributed by atoms with Gasteiger partial charge in [-0.05, 0) is 6.92 Å². The van der Waals surface area contributed by atoms with Gasteiger partial charge in [0.1, 0.15) is 18.3 Å². The smallest absolute Gasteiger partial charge is 0.164 e. The average molecular weight is 300 g/mol. The van der Waals surface area contributed by atoms with Crippen LogP contribution in [0, 0.1) is 0 Å². The van der Waals surface area contributed by atoms with Gasteiger partial charge in [0.25, 0.3) is 0 Å². The number of rotatable bonds is 5. The number of nitrogens with zero attached hydrogens (tertiary/aromatic N) is 1. The Labute approximate surface area is 103 Å². The summed E-state index contributed by atoms with van der Waals surface area (Å²) < 4.78 is 31.1. The summed E-state index contributed by atoms with van der Waals surface area (Å²) in [6.07, 6.45) is -1.07. The van der Waals surface area contributed by atoms with Crippen LogP contribution in [0.2, 0.25) is 0 Å². The lowest BCUT2D eigenvalue weighted by molar-refractivity contribution is -0.131. The largest absolute Gasteiger partial charge is 0.610 e. The van der Waals surface area contributed by atoms with Crippen molar-refractivity contribution in [3.63, 3.8) is 0 Å². The highest BCUT2D eigenvalue weighted by molar-refractivity contribution is 7.25. The van der Waals surface area contributed by atoms with Crippen molar-refractivity contribution >= 4 is 36.4 Å². The molecule has 1 heterocycles. The summed E-state index contributed by atoms with van der Waals surface area (Å²) in [5, 5.41) is 0. The topological polar surface area (TPSA) is 57.1 Å². The molecule has 0 radical (unpaired) electrons. The number of hydrogen-bond acceptors (Lipinski definition) is 5. The van der Waals surface area contributed by atoms with Crippen LogP contribution < -0.4 is 0 Å². The van der Waals surface area contributed by atoms with E-state index in [-0.39, 0.29) is 38.5 Å². The summed E-state index contributed by atoms with van der Waals surface area (Å²) in [6, 6.07) is 0. The van der Waals surface area contributed by atoms with Gasteiger partial charge in [-0.15, -0.1) is 0 Å². The van der Waals surface area contributed by atoms with Crippen molar-refractivity contribution in [1.82, 2.24) is 0 Å². The summed E-state index contributed by atoms with van der Waals surface area (Å²) in [4.78, 5) is 0. The minimum Gasteiger partial charge on any atom is -0.610 e. The summed E-state index contributed by atoms with van der Waals surface area (Å²) in [7, 11) is 8.17. The Balaban J connectivity index is 2.86. The van der Waals surface area contributed by atoms with Gasteiger partial charge in [0.2, 0.25) is 0 Å². The predicted octanol–water partition coefficient (Wildman–Crippen LogP) is 2.38. The first kappa shape index (κ1) is 15.0. The van der Waals surface area contributed by atoms with Crippen molar-refractivity contribution in [2.24, 2.45) is 4.74 Å². The standard InChI is InChI=1S/C7H14NO4P4/c1-3-7(16-9)6(12-15)5(11-14)4(10-3)2-8-13/h3-7H,2,14-15H2,1H3/q-1. The van der Waals surface area contributed by atoms with Crippen molar-refractivity contribution < 1.29 is 18.3 Å². The van der Waals surface area contributed by atoms with Crippen LogP contribution in [0.25, 0.3) is 0 Å². The Hall–Kier alpha value is 0.940. The molecular weight excluding hydrogens is 286 g/mol. The van der Waals surface area contributed by atoms with Gasteiger partial charge in [-0.1, -0.05) is 0 Å². The van der Waals surface area contributed by atoms with E-state index in [1.54, 1.807) is 0 Å². The SMILES string of the molecule is CC1OC(CN=[P-])C(OP)C(OP)C1P=O. The molecule has 0 amide bonds. The highest BCUT2D eigenvalue weighted by atomic mass is 31.1. The quantitative estimate of drug-likeness (QED) is 0.731. The third-order valence-corrected chi connectivity index (χ3v) is 4.34. The van der Waals surface area contributed by atoms with E-state index < -0.39 is 0 Å². The lowest BCUT2D eigenvalue weighted by atomic mass is 9.98. The first-order chi connectivity index (χ1) is 7.69. The van der Waals surface area contributed by atoms with Gasteiger partial charge in [0.05, 0.1) is 11.8 Å². The molecule has 1 saturated heterocycles. The van der Waals surface area contributed by atoms with Crippen molar-refractivity contribution in [3.05, 3.63) is 0 Å². The molecule has 1 fully saturated rings. The maximum Gasteiger partial charge on any atom is 0.164 e. The predicted molar refractivity (Wildman–Crippen MR) is 69.1 cm³/mol. The zero-order valence-corrected chi connectivity index (χ0v) is 12.8. The van der Waals surface area contributed by atoms with Crippen LogP contribution in [0.5, 0.6) is 0 Å². The molecule has 16 heavy (non-hydrogen) atoms. The van der Waals surface area contributed by atoms with Crippen LogP contribution in [-0.2, 0) is 18.3 Å². The van der Waals surface area contributed by atoms with E-state index >= 15 is 0 Å². The second-order valence-electron chi connectivity index (χ2n) is 3.50. The molecule has 0 aromatic rings. The fraction of sp³-hybridized carbons (Fsp3) is 1.00. The molecule has 7 unspecified atom stereocenters. The zero-order chi connectivity index (χ0) is 12.1. The Morgan fingerprint density at radius 1 is 1.44 bits per heavy atom. The number of hydrogen-bond donors (Lipinski definition) is 0. The summed E-state index contributed by atoms with van der Waals surface area (Å²) in [5.74, 6) is 0. The van der Waals surface area contributed by atoms with Gasteiger partial charge >= 0.3 is 0 Å². The first-order valence-electron chi connectivity index (χ1n) is 4.69. The Kier molecular flexibility index (Phi) is 6.93. The normalized spacial score (nSPS) is 39.8. The van der Waals surface area contributed by atoms with Crippen molar-refractivity contribution in [2.45, 2.75) is 37.0 Å². The summed E-state index contributed by atoms with van der Waals surface area (Å²) >= 11 is 0. The highest BCUT2D eigenvalue weighted by Crippen LogP contribution is 2.34. The minimum atomic E-state index is -0.332. The van der Waals surface area contributed by atoms with Crippen LogP contribution in [0.4, 0.5) is 0 Å². The molecule has 0 aliphatic carbocycles. The van der Waals surface area contributed by atoms with Gasteiger partial charge in [0.15, 0.2) is 8.46 Å². The molecule has 0 spiro atoms. The van der Waals surface area contributed by atoms with Crippen LogP contribution in [-0.4, -0.2) is 36.6 Å². The van der Waals surface area contributed by atoms with Crippen LogP contribution in [0.3, 0.4) is 0 Å². The fourth-order valence-corrected chi connectivity index (χ4v) is 3.35. The molecule has 1 rings (SSSR count). The molecular formula is C7H14NO4P4-. The second-order valence-corrected chi connectivity index (χ2v) is 5.14. The Morgan fingerprint density at radius 2 is 2.06 bits per heavy atom. The minimum absolute atomic E-state index is 0.0118. The molecule has 0 N–H and O–H groups in total. The average Bonchev–Trinajstić information content (AvgIpc) is 2.28. The second kappa shape index (κ2) is 7.39. The summed E-state index contributed by atoms with van der Waals surface area (Å²) in [6.45, 7) is 2.26. The van der Waals surface area contributed by atoms with Crippen molar-refractivity contribution in [3.8, 4) is 0 Å². The highest BCUT2D eigenvalue weighted by Gasteiger charge is 2.45. The third-order valence-electron chi connectivity index (χ3n) is 2.59. The van der Waals surface area contributed by atoms with E-state index in [0.717, 1.165) is 0 Å². The zero-order valence-electron chi connectivity index (χ0n) is 8.72. The molecule has 0 aromatic carbocycles. The molecule has 9 heteroatoms. The van der Waals surface area contributed by atoms with E-state index in [1.807, 2.05) is 6.92 Å². The van der Waals surface area contributed by atoms with Crippen LogP contribution in [0.15, 0.2) is 4.74 Å². The first-order valence-corrected chi connectivity index (χ1v) is 6.91. The van der Waals surface area contributed by atoms with E-state index in [2.05, 4.69) is 32.7 Å². The van der Waals surface area contributed by atoms with E-state index in [1.165, 1.54) is 0 Å². The van der Waals surface area contributed by atoms with E-state index in [4.69, 9.17) is 13.8 Å². The van der Waals surface area contributed by atoms with E-state index in [0.29, 0.717) is 6.54 Å². The van der Waals surface area contributed by atoms with Crippen LogP contribution in [0.1, 0.15) is 6.92 Å². The third kappa shape index (κ3) is 3.24. The van der Waals surface area contributed by atoms with Gasteiger partial charge in [-0.3, -0.25) is 4.57 Å². The van der Waals surface area contributed by atoms with Crippen LogP contribution >= 0.6 is 36.4 Å². The molecule has 7 atom stereocenters. The molecule has 92 valence electrons. The fourth-order valence-electron chi connectivity index (χ4n) is 1.80. The molecule has 0 bridgehead atoms. The Morgan fingerprint density at radius 3 is 2.50 bits per heavy atom. The monoisotopic (exact) mass is 300 g/mol. The summed E-state index contributed by atoms with van der Waals surface area (Å²) in [5.41, 5.74) is -0.251. The maximum atomic E-state index is 11.1. The molecule has 0 aromatic heterocycles. The van der Waals surface area contributed by atoms with Gasteiger partial charge < -0.3 is 27.6 Å². The molecule has 1 aliphatic heterocycles. The molecule has 0 saturated carbocycles. The lowest BCUT2D eigenvalue weighted by Crippen LogP contribution is -2.55.